The number of rotatable bonds is 6. The molecule has 0 bridgehead atoms. The van der Waals surface area contributed by atoms with E-state index in [0.29, 0.717) is 18.1 Å². The Kier molecular flexibility index (Phi) is 4.54. The van der Waals surface area contributed by atoms with Crippen LogP contribution in [0.5, 0.6) is 0 Å². The lowest BCUT2D eigenvalue weighted by molar-refractivity contribution is -0.123. The lowest BCUT2D eigenvalue weighted by Crippen LogP contribution is -2.49. The van der Waals surface area contributed by atoms with E-state index in [0.717, 1.165) is 31.2 Å². The van der Waals surface area contributed by atoms with Gasteiger partial charge in [0.05, 0.1) is 12.1 Å². The van der Waals surface area contributed by atoms with E-state index in [9.17, 15) is 9.90 Å². The van der Waals surface area contributed by atoms with Crippen LogP contribution in [-0.4, -0.2) is 33.3 Å². The SMILES string of the molecule is O=C(CCc1nc(-c2ccsc2)no1)NC1(CO)CCCC1. The van der Waals surface area contributed by atoms with Gasteiger partial charge < -0.3 is 14.9 Å². The van der Waals surface area contributed by atoms with Crippen molar-refractivity contribution in [3.63, 3.8) is 0 Å². The molecule has 1 fully saturated rings. The summed E-state index contributed by atoms with van der Waals surface area (Å²) in [4.78, 5) is 16.4. The Balaban J connectivity index is 1.53. The highest BCUT2D eigenvalue weighted by Gasteiger charge is 2.34. The summed E-state index contributed by atoms with van der Waals surface area (Å²) in [6.45, 7) is 0.00159. The largest absolute Gasteiger partial charge is 0.394 e. The Morgan fingerprint density at radius 2 is 2.27 bits per heavy atom. The van der Waals surface area contributed by atoms with E-state index in [1.54, 1.807) is 11.3 Å². The van der Waals surface area contributed by atoms with Gasteiger partial charge in [-0.15, -0.1) is 0 Å². The van der Waals surface area contributed by atoms with Crippen molar-refractivity contribution in [1.29, 1.82) is 0 Å². The van der Waals surface area contributed by atoms with E-state index in [1.807, 2.05) is 16.8 Å². The molecule has 0 aromatic carbocycles. The molecular formula is C15H19N3O3S. The molecule has 0 atom stereocenters. The number of aromatic nitrogens is 2. The summed E-state index contributed by atoms with van der Waals surface area (Å²) in [5.41, 5.74) is 0.503. The van der Waals surface area contributed by atoms with Crippen molar-refractivity contribution >= 4 is 17.2 Å². The normalized spacial score (nSPS) is 16.8. The van der Waals surface area contributed by atoms with Gasteiger partial charge >= 0.3 is 0 Å². The van der Waals surface area contributed by atoms with Crippen molar-refractivity contribution in [2.75, 3.05) is 6.61 Å². The van der Waals surface area contributed by atoms with Gasteiger partial charge in [-0.3, -0.25) is 4.79 Å². The fraction of sp³-hybridized carbons (Fsp3) is 0.533. The van der Waals surface area contributed by atoms with Gasteiger partial charge in [0.15, 0.2) is 0 Å². The number of nitrogens with zero attached hydrogens (tertiary/aromatic N) is 2. The number of carbonyl (C=O) groups is 1. The molecule has 2 N–H and O–H groups in total. The molecular weight excluding hydrogens is 302 g/mol. The van der Waals surface area contributed by atoms with Gasteiger partial charge in [0.1, 0.15) is 0 Å². The zero-order chi connectivity index (χ0) is 15.4. The van der Waals surface area contributed by atoms with E-state index in [1.165, 1.54) is 0 Å². The maximum absolute atomic E-state index is 12.1. The summed E-state index contributed by atoms with van der Waals surface area (Å²) >= 11 is 1.57. The molecule has 118 valence electrons. The Morgan fingerprint density at radius 1 is 1.45 bits per heavy atom. The molecule has 0 saturated heterocycles. The monoisotopic (exact) mass is 321 g/mol. The van der Waals surface area contributed by atoms with E-state index < -0.39 is 5.54 Å². The molecule has 7 heteroatoms. The molecule has 2 heterocycles. The predicted octanol–water partition coefficient (Wildman–Crippen LogP) is 2.15. The summed E-state index contributed by atoms with van der Waals surface area (Å²) in [7, 11) is 0. The Morgan fingerprint density at radius 3 is 2.95 bits per heavy atom. The molecule has 6 nitrogen and oxygen atoms in total. The lowest BCUT2D eigenvalue weighted by atomic mass is 9.98. The molecule has 1 aliphatic carbocycles. The molecule has 1 aliphatic rings. The number of hydrogen-bond acceptors (Lipinski definition) is 6. The van der Waals surface area contributed by atoms with Gasteiger partial charge in [0.25, 0.3) is 0 Å². The van der Waals surface area contributed by atoms with Crippen LogP contribution >= 0.6 is 11.3 Å². The minimum Gasteiger partial charge on any atom is -0.394 e. The number of nitrogens with one attached hydrogen (secondary N) is 1. The summed E-state index contributed by atoms with van der Waals surface area (Å²) in [6.07, 6.45) is 4.48. The lowest BCUT2D eigenvalue weighted by Gasteiger charge is -2.27. The predicted molar refractivity (Wildman–Crippen MR) is 82.4 cm³/mol. The van der Waals surface area contributed by atoms with Crippen molar-refractivity contribution in [1.82, 2.24) is 15.5 Å². The first-order valence-corrected chi connectivity index (χ1v) is 8.42. The Bertz CT molecular complexity index is 618. The molecule has 22 heavy (non-hydrogen) atoms. The van der Waals surface area contributed by atoms with Crippen LogP contribution in [0.3, 0.4) is 0 Å². The van der Waals surface area contributed by atoms with Crippen LogP contribution in [-0.2, 0) is 11.2 Å². The topological polar surface area (TPSA) is 88.2 Å². The molecule has 3 rings (SSSR count). The third-order valence-electron chi connectivity index (χ3n) is 4.08. The maximum Gasteiger partial charge on any atom is 0.227 e. The van der Waals surface area contributed by atoms with E-state index in [4.69, 9.17) is 4.52 Å². The maximum atomic E-state index is 12.1. The minimum atomic E-state index is -0.423. The molecule has 0 spiro atoms. The average Bonchev–Trinajstić information content (AvgIpc) is 3.26. The molecule has 2 aromatic rings. The smallest absolute Gasteiger partial charge is 0.227 e. The van der Waals surface area contributed by atoms with E-state index in [2.05, 4.69) is 15.5 Å². The van der Waals surface area contributed by atoms with Gasteiger partial charge in [-0.05, 0) is 24.3 Å². The second-order valence-electron chi connectivity index (χ2n) is 5.72. The van der Waals surface area contributed by atoms with Crippen molar-refractivity contribution < 1.29 is 14.4 Å². The van der Waals surface area contributed by atoms with E-state index in [-0.39, 0.29) is 18.9 Å². The number of hydrogen-bond donors (Lipinski definition) is 2. The first kappa shape index (κ1) is 15.2. The molecule has 0 unspecified atom stereocenters. The van der Waals surface area contributed by atoms with Gasteiger partial charge in [-0.2, -0.15) is 16.3 Å². The molecule has 2 aromatic heterocycles. The number of amides is 1. The summed E-state index contributed by atoms with van der Waals surface area (Å²) in [5, 5.41) is 20.3. The summed E-state index contributed by atoms with van der Waals surface area (Å²) in [5.74, 6) is 0.936. The highest BCUT2D eigenvalue weighted by molar-refractivity contribution is 7.08. The van der Waals surface area contributed by atoms with Gasteiger partial charge in [-0.1, -0.05) is 18.0 Å². The van der Waals surface area contributed by atoms with Crippen LogP contribution in [0.2, 0.25) is 0 Å². The van der Waals surface area contributed by atoms with Gasteiger partial charge in [-0.25, -0.2) is 0 Å². The Hall–Kier alpha value is -1.73. The summed E-state index contributed by atoms with van der Waals surface area (Å²) < 4.78 is 5.17. The number of aliphatic hydroxyl groups is 1. The molecule has 1 saturated carbocycles. The number of aryl methyl sites for hydroxylation is 1. The van der Waals surface area contributed by atoms with Crippen molar-refractivity contribution in [3.8, 4) is 11.4 Å². The minimum absolute atomic E-state index is 0.00159. The number of carbonyl (C=O) groups excluding carboxylic acids is 1. The van der Waals surface area contributed by atoms with Crippen LogP contribution in [0.4, 0.5) is 0 Å². The number of aliphatic hydroxyl groups excluding tert-OH is 1. The average molecular weight is 321 g/mol. The molecule has 0 radical (unpaired) electrons. The van der Waals surface area contributed by atoms with E-state index >= 15 is 0 Å². The van der Waals surface area contributed by atoms with Crippen LogP contribution in [0.15, 0.2) is 21.3 Å². The zero-order valence-corrected chi connectivity index (χ0v) is 13.1. The van der Waals surface area contributed by atoms with Gasteiger partial charge in [0, 0.05) is 23.8 Å². The van der Waals surface area contributed by atoms with Crippen molar-refractivity contribution in [3.05, 3.63) is 22.7 Å². The first-order chi connectivity index (χ1) is 10.7. The highest BCUT2D eigenvalue weighted by Crippen LogP contribution is 2.29. The third-order valence-corrected chi connectivity index (χ3v) is 4.76. The van der Waals surface area contributed by atoms with Crippen LogP contribution in [0.1, 0.15) is 38.0 Å². The van der Waals surface area contributed by atoms with Gasteiger partial charge in [0.2, 0.25) is 17.6 Å². The highest BCUT2D eigenvalue weighted by atomic mass is 32.1. The third kappa shape index (κ3) is 3.36. The first-order valence-electron chi connectivity index (χ1n) is 7.48. The number of thiophene rings is 1. The standard InChI is InChI=1S/C15H19N3O3S/c19-10-15(6-1-2-7-15)17-12(20)3-4-13-16-14(18-21-13)11-5-8-22-9-11/h5,8-9,19H,1-4,6-7,10H2,(H,17,20). The second-order valence-corrected chi connectivity index (χ2v) is 6.50. The van der Waals surface area contributed by atoms with Crippen LogP contribution in [0, 0.1) is 0 Å². The van der Waals surface area contributed by atoms with Crippen LogP contribution < -0.4 is 5.32 Å². The van der Waals surface area contributed by atoms with Crippen molar-refractivity contribution in [2.24, 2.45) is 0 Å². The Labute approximate surface area is 132 Å². The fourth-order valence-electron chi connectivity index (χ4n) is 2.82. The molecule has 0 aliphatic heterocycles. The molecule has 1 amide bonds. The van der Waals surface area contributed by atoms with Crippen LogP contribution in [0.25, 0.3) is 11.4 Å². The zero-order valence-electron chi connectivity index (χ0n) is 12.2. The summed E-state index contributed by atoms with van der Waals surface area (Å²) in [6, 6.07) is 1.93. The second kappa shape index (κ2) is 6.58. The fourth-order valence-corrected chi connectivity index (χ4v) is 3.45. The quantitative estimate of drug-likeness (QED) is 0.851. The van der Waals surface area contributed by atoms with Crippen molar-refractivity contribution in [2.45, 2.75) is 44.1 Å².